The molecule has 44 heavy (non-hydrogen) atoms. The normalized spacial score (nSPS) is 17.4. The molecule has 0 spiro atoms. The molecule has 0 aliphatic carbocycles. The van der Waals surface area contributed by atoms with Crippen molar-refractivity contribution in [2.45, 2.75) is 42.1 Å². The summed E-state index contributed by atoms with van der Waals surface area (Å²) in [5.74, 6) is -1.04. The fourth-order valence-corrected chi connectivity index (χ4v) is 7.95. The number of benzene rings is 3. The summed E-state index contributed by atoms with van der Waals surface area (Å²) in [4.78, 5) is 18.3. The first-order chi connectivity index (χ1) is 20.5. The highest BCUT2D eigenvalue weighted by Gasteiger charge is 2.38. The molecule has 1 amide bonds. The van der Waals surface area contributed by atoms with Crippen LogP contribution in [0.4, 0.5) is 17.6 Å². The maximum atomic E-state index is 14.0. The van der Waals surface area contributed by atoms with Crippen LogP contribution in [0.2, 0.25) is 0 Å². The van der Waals surface area contributed by atoms with Crippen molar-refractivity contribution in [1.29, 1.82) is 0 Å². The van der Waals surface area contributed by atoms with Crippen molar-refractivity contribution in [1.82, 2.24) is 19.4 Å². The van der Waals surface area contributed by atoms with E-state index in [1.165, 1.54) is 30.5 Å². The van der Waals surface area contributed by atoms with E-state index < -0.39 is 59.7 Å². The molecule has 1 aromatic heterocycles. The Morgan fingerprint density at radius 2 is 1.80 bits per heavy atom. The van der Waals surface area contributed by atoms with Crippen LogP contribution in [0, 0.1) is 12.7 Å². The van der Waals surface area contributed by atoms with E-state index in [4.69, 9.17) is 0 Å². The maximum absolute atomic E-state index is 14.0. The molecule has 2 unspecified atom stereocenters. The van der Waals surface area contributed by atoms with E-state index >= 15 is 0 Å². The van der Waals surface area contributed by atoms with E-state index in [0.717, 1.165) is 12.1 Å². The van der Waals surface area contributed by atoms with Gasteiger partial charge in [-0.1, -0.05) is 46.3 Å². The Balaban J connectivity index is 1.50. The van der Waals surface area contributed by atoms with Crippen LogP contribution in [0.15, 0.2) is 76.2 Å². The molecule has 3 aromatic carbocycles. The fraction of sp³-hybridized carbons (Fsp3) is 0.214. The predicted molar refractivity (Wildman–Crippen MR) is 155 cm³/mol. The molecule has 0 radical (unpaired) electrons. The van der Waals surface area contributed by atoms with Gasteiger partial charge in [0.25, 0.3) is 0 Å². The Kier molecular flexibility index (Phi) is 8.48. The largest absolute Gasteiger partial charge is 0.417 e. The van der Waals surface area contributed by atoms with E-state index in [1.807, 2.05) is 4.72 Å². The third kappa shape index (κ3) is 6.72. The second-order valence-corrected chi connectivity index (χ2v) is 14.6. The summed E-state index contributed by atoms with van der Waals surface area (Å²) in [6.45, 7) is 1.75. The van der Waals surface area contributed by atoms with Crippen LogP contribution in [-0.2, 0) is 37.4 Å². The van der Waals surface area contributed by atoms with Gasteiger partial charge < -0.3 is 4.98 Å². The summed E-state index contributed by atoms with van der Waals surface area (Å²) in [5, 5.41) is -1.08. The van der Waals surface area contributed by atoms with Gasteiger partial charge in [-0.25, -0.2) is 30.9 Å². The molecule has 4 aromatic rings. The van der Waals surface area contributed by atoms with Gasteiger partial charge in [0.05, 0.1) is 34.8 Å². The highest BCUT2D eigenvalue weighted by atomic mass is 79.9. The van der Waals surface area contributed by atoms with Gasteiger partial charge in [0.2, 0.25) is 26.0 Å². The summed E-state index contributed by atoms with van der Waals surface area (Å²) >= 11 is 2.80. The zero-order valence-corrected chi connectivity index (χ0v) is 25.8. The summed E-state index contributed by atoms with van der Waals surface area (Å²) in [5.41, 5.74) is 1.24. The van der Waals surface area contributed by atoms with Crippen molar-refractivity contribution in [2.24, 2.45) is 0 Å². The lowest BCUT2D eigenvalue weighted by molar-refractivity contribution is -0.138. The number of halogens is 5. The molecule has 2 heterocycles. The Hall–Kier alpha value is -3.60. The van der Waals surface area contributed by atoms with Gasteiger partial charge in [-0.2, -0.15) is 13.2 Å². The van der Waals surface area contributed by atoms with Crippen molar-refractivity contribution < 1.29 is 39.2 Å². The van der Waals surface area contributed by atoms with Crippen molar-refractivity contribution in [2.75, 3.05) is 0 Å². The Labute approximate surface area is 258 Å². The third-order valence-electron chi connectivity index (χ3n) is 7.06. The van der Waals surface area contributed by atoms with Crippen LogP contribution < -0.4 is 9.44 Å². The molecule has 2 atom stereocenters. The molecule has 1 aliphatic rings. The highest BCUT2D eigenvalue weighted by molar-refractivity contribution is 9.10. The number of sulfonamides is 2. The number of rotatable bonds is 8. The molecule has 1 fully saturated rings. The van der Waals surface area contributed by atoms with Crippen molar-refractivity contribution >= 4 is 41.9 Å². The first-order valence-corrected chi connectivity index (χ1v) is 16.7. The number of H-pyrrole nitrogens is 1. The van der Waals surface area contributed by atoms with E-state index in [9.17, 15) is 39.2 Å². The first-order valence-electron chi connectivity index (χ1n) is 12.9. The molecule has 5 rings (SSSR count). The van der Waals surface area contributed by atoms with Crippen LogP contribution >= 0.6 is 15.9 Å². The van der Waals surface area contributed by atoms with Crippen LogP contribution in [0.3, 0.4) is 0 Å². The second kappa shape index (κ2) is 11.7. The number of imidazole rings is 1. The van der Waals surface area contributed by atoms with Gasteiger partial charge in [0.1, 0.15) is 16.9 Å². The quantitative estimate of drug-likeness (QED) is 0.207. The Morgan fingerprint density at radius 3 is 2.43 bits per heavy atom. The molecule has 16 heteroatoms. The number of aryl methyl sites for hydroxylation is 1. The lowest BCUT2D eigenvalue weighted by Crippen LogP contribution is -2.31. The van der Waals surface area contributed by atoms with Gasteiger partial charge in [0, 0.05) is 10.0 Å². The predicted octanol–water partition coefficient (Wildman–Crippen LogP) is 5.46. The molecular weight excluding hydrogens is 692 g/mol. The summed E-state index contributed by atoms with van der Waals surface area (Å²) in [6.07, 6.45) is -3.74. The summed E-state index contributed by atoms with van der Waals surface area (Å²) in [7, 11) is -8.44. The number of nitrogens with zero attached hydrogens (tertiary/aromatic N) is 1. The van der Waals surface area contributed by atoms with E-state index in [-0.39, 0.29) is 23.1 Å². The van der Waals surface area contributed by atoms with Crippen LogP contribution in [-0.4, -0.2) is 32.7 Å². The monoisotopic (exact) mass is 714 g/mol. The number of amides is 1. The Morgan fingerprint density at radius 1 is 1.09 bits per heavy atom. The molecule has 232 valence electrons. The van der Waals surface area contributed by atoms with Crippen LogP contribution in [0.25, 0.3) is 11.3 Å². The number of aromatic nitrogens is 2. The van der Waals surface area contributed by atoms with Gasteiger partial charge >= 0.3 is 6.18 Å². The molecule has 1 aliphatic heterocycles. The van der Waals surface area contributed by atoms with Crippen LogP contribution in [0.1, 0.15) is 45.8 Å². The number of nitrogens with one attached hydrogen (secondary N) is 3. The number of hydrogen-bond acceptors (Lipinski definition) is 6. The van der Waals surface area contributed by atoms with Gasteiger partial charge in [0.15, 0.2) is 0 Å². The van der Waals surface area contributed by atoms with Crippen LogP contribution in [0.5, 0.6) is 0 Å². The minimum atomic E-state index is -4.82. The number of carbonyl (C=O) groups is 1. The van der Waals surface area contributed by atoms with Crippen molar-refractivity contribution in [3.63, 3.8) is 0 Å². The summed E-state index contributed by atoms with van der Waals surface area (Å²) in [6, 6.07) is 11.6. The van der Waals surface area contributed by atoms with E-state index in [0.29, 0.717) is 34.0 Å². The zero-order chi connectivity index (χ0) is 32.0. The number of aromatic amines is 1. The lowest BCUT2D eigenvalue weighted by Gasteiger charge is -2.19. The highest BCUT2D eigenvalue weighted by Crippen LogP contribution is 2.37. The number of alkyl halides is 3. The maximum Gasteiger partial charge on any atom is 0.417 e. The van der Waals surface area contributed by atoms with Crippen molar-refractivity contribution in [3.05, 3.63) is 105 Å². The zero-order valence-electron chi connectivity index (χ0n) is 22.6. The number of hydrogen-bond donors (Lipinski definition) is 3. The molecule has 0 saturated carbocycles. The average Bonchev–Trinajstić information content (AvgIpc) is 3.53. The number of carbonyl (C=O) groups excluding carboxylic acids is 1. The van der Waals surface area contributed by atoms with Gasteiger partial charge in [-0.05, 0) is 60.4 Å². The molecule has 1 saturated heterocycles. The van der Waals surface area contributed by atoms with Gasteiger partial charge in [-0.3, -0.25) is 9.52 Å². The standard InChI is InChI=1S/C28H23BrF4N4O5S2/c1-15-2-7-18(30)11-20(15)24-14-34-27(35-24)23(36-43(39,40)19-8-9-22(29)21(12-19)28(31,32)33)10-16-3-5-17(6-4-16)25-13-26(38)37-44(25,41)42/h2-9,11-12,14,23,25,36H,10,13H2,1H3,(H,34,35)(H,37,38). The second-order valence-electron chi connectivity index (χ2n) is 10.2. The third-order valence-corrected chi connectivity index (χ3v) is 10.9. The minimum absolute atomic E-state index is 0.0636. The Bertz CT molecular complexity index is 1960. The molecular formula is C28H23BrF4N4O5S2. The fourth-order valence-electron chi connectivity index (χ4n) is 4.82. The smallest absolute Gasteiger partial charge is 0.341 e. The molecule has 0 bridgehead atoms. The lowest BCUT2D eigenvalue weighted by atomic mass is 10.0. The topological polar surface area (TPSA) is 138 Å². The van der Waals surface area contributed by atoms with E-state index in [1.54, 1.807) is 25.1 Å². The summed E-state index contributed by atoms with van der Waals surface area (Å²) < 4.78 is 110. The minimum Gasteiger partial charge on any atom is -0.341 e. The first kappa shape index (κ1) is 31.8. The average molecular weight is 716 g/mol. The van der Waals surface area contributed by atoms with E-state index in [2.05, 4.69) is 30.6 Å². The van der Waals surface area contributed by atoms with Crippen molar-refractivity contribution in [3.8, 4) is 11.3 Å². The molecule has 3 N–H and O–H groups in total. The van der Waals surface area contributed by atoms with Gasteiger partial charge in [-0.15, -0.1) is 0 Å². The SMILES string of the molecule is Cc1ccc(F)cc1-c1cnc(C(Cc2ccc(C3CC(=O)NS3(=O)=O)cc2)NS(=O)(=O)c2ccc(Br)c(C(F)(F)F)c2)[nH]1. The molecule has 9 nitrogen and oxygen atoms in total.